The van der Waals surface area contributed by atoms with Gasteiger partial charge in [0.2, 0.25) is 5.91 Å². The number of β-lactam (4-membered cyclic amide) rings is 1. The molecule has 1 aromatic heterocycles. The summed E-state index contributed by atoms with van der Waals surface area (Å²) in [5.74, 6) is -1.75. The van der Waals surface area contributed by atoms with E-state index in [0.717, 1.165) is 30.6 Å². The number of hydrogen-bond donors (Lipinski definition) is 2. The molecule has 1 aromatic rings. The third-order valence-electron chi connectivity index (χ3n) is 7.25. The van der Waals surface area contributed by atoms with Crippen molar-refractivity contribution < 1.29 is 23.1 Å². The number of nitrogens with one attached hydrogen (secondary N) is 1. The van der Waals surface area contributed by atoms with E-state index >= 15 is 0 Å². The molecule has 5 rings (SSSR count). The smallest absolute Gasteiger partial charge is 0.352 e. The molecule has 0 radical (unpaired) electrons. The number of rotatable bonds is 5. The molecule has 0 bridgehead atoms. The Morgan fingerprint density at radius 3 is 2.59 bits per heavy atom. The van der Waals surface area contributed by atoms with E-state index in [1.54, 1.807) is 7.05 Å². The largest absolute Gasteiger partial charge is 0.477 e. The molecule has 11 nitrogen and oxygen atoms in total. The molecule has 172 valence electrons. The molecular formula is C19H22N4O7S2. The molecule has 2 aliphatic heterocycles. The summed E-state index contributed by atoms with van der Waals surface area (Å²) in [5.41, 5.74) is -2.74. The summed E-state index contributed by atoms with van der Waals surface area (Å²) in [6, 6.07) is 0. The van der Waals surface area contributed by atoms with Crippen LogP contribution in [-0.2, 0) is 26.5 Å². The molecule has 0 aromatic carbocycles. The van der Waals surface area contributed by atoms with Crippen molar-refractivity contribution >= 4 is 33.5 Å². The maximum atomic E-state index is 13.5. The van der Waals surface area contributed by atoms with E-state index in [1.165, 1.54) is 22.5 Å². The van der Waals surface area contributed by atoms with Gasteiger partial charge in [-0.3, -0.25) is 29.1 Å². The highest BCUT2D eigenvalue weighted by Crippen LogP contribution is 2.68. The zero-order valence-electron chi connectivity index (χ0n) is 17.2. The van der Waals surface area contributed by atoms with Crippen LogP contribution in [0.4, 0.5) is 0 Å². The predicted octanol–water partition coefficient (Wildman–Crippen LogP) is -0.166. The SMILES string of the molecule is Cn1[nH]c(=O)c(=O)nc1SC1CC1(C1CCCC1)C1C=C(C(=O)O)N2C(=O)C[C@@H]2S1(=O)=O. The predicted molar refractivity (Wildman–Crippen MR) is 112 cm³/mol. The minimum absolute atomic E-state index is 0.0770. The van der Waals surface area contributed by atoms with Gasteiger partial charge >= 0.3 is 17.1 Å². The van der Waals surface area contributed by atoms with E-state index in [0.29, 0.717) is 6.42 Å². The maximum Gasteiger partial charge on any atom is 0.352 e. The first-order chi connectivity index (χ1) is 15.1. The minimum Gasteiger partial charge on any atom is -0.477 e. The number of aliphatic carboxylic acids is 1. The Bertz CT molecular complexity index is 1280. The van der Waals surface area contributed by atoms with Crippen molar-refractivity contribution in [2.45, 2.75) is 59.6 Å². The lowest BCUT2D eigenvalue weighted by Gasteiger charge is -2.47. The fraction of sp³-hybridized carbons (Fsp3) is 0.632. The lowest BCUT2D eigenvalue weighted by atomic mass is 9.83. The van der Waals surface area contributed by atoms with Gasteiger partial charge in [-0.25, -0.2) is 13.2 Å². The van der Waals surface area contributed by atoms with Crippen LogP contribution in [0.1, 0.15) is 38.5 Å². The molecule has 3 unspecified atom stereocenters. The van der Waals surface area contributed by atoms with Crippen molar-refractivity contribution in [3.63, 3.8) is 0 Å². The quantitative estimate of drug-likeness (QED) is 0.429. The highest BCUT2D eigenvalue weighted by Gasteiger charge is 2.70. The van der Waals surface area contributed by atoms with Gasteiger partial charge in [0.15, 0.2) is 15.0 Å². The van der Waals surface area contributed by atoms with Crippen LogP contribution in [0, 0.1) is 11.3 Å². The number of carboxylic acids is 1. The van der Waals surface area contributed by atoms with E-state index < -0.39 is 48.9 Å². The highest BCUT2D eigenvalue weighted by atomic mass is 32.2. The van der Waals surface area contributed by atoms with Gasteiger partial charge in [0, 0.05) is 17.7 Å². The van der Waals surface area contributed by atoms with E-state index in [4.69, 9.17) is 0 Å². The Morgan fingerprint density at radius 2 is 1.97 bits per heavy atom. The lowest BCUT2D eigenvalue weighted by Crippen LogP contribution is -2.63. The van der Waals surface area contributed by atoms with Crippen LogP contribution >= 0.6 is 11.8 Å². The van der Waals surface area contributed by atoms with Crippen LogP contribution in [-0.4, -0.2) is 60.9 Å². The van der Waals surface area contributed by atoms with Crippen LogP contribution in [0.2, 0.25) is 0 Å². The molecular weight excluding hydrogens is 460 g/mol. The zero-order chi connectivity index (χ0) is 23.0. The number of carbonyl (C=O) groups excluding carboxylic acids is 1. The Labute approximate surface area is 186 Å². The number of nitrogens with zero attached hydrogens (tertiary/aromatic N) is 3. The Kier molecular flexibility index (Phi) is 4.72. The van der Waals surface area contributed by atoms with Gasteiger partial charge in [-0.05, 0) is 31.3 Å². The van der Waals surface area contributed by atoms with E-state index in [1.807, 2.05) is 0 Å². The number of aromatic amines is 1. The molecule has 2 N–H and O–H groups in total. The monoisotopic (exact) mass is 482 g/mol. The normalized spacial score (nSPS) is 33.4. The van der Waals surface area contributed by atoms with Crippen LogP contribution in [0.3, 0.4) is 0 Å². The molecule has 3 heterocycles. The Balaban J connectivity index is 1.58. The molecule has 3 fully saturated rings. The number of hydrogen-bond acceptors (Lipinski definition) is 8. The van der Waals surface area contributed by atoms with E-state index in [-0.39, 0.29) is 28.4 Å². The number of carboxylic acid groups (broad SMARTS) is 1. The molecule has 2 saturated carbocycles. The van der Waals surface area contributed by atoms with Gasteiger partial charge in [-0.15, -0.1) is 0 Å². The van der Waals surface area contributed by atoms with Crippen LogP contribution in [0.25, 0.3) is 0 Å². The molecule has 0 spiro atoms. The number of H-pyrrole nitrogens is 1. The van der Waals surface area contributed by atoms with Gasteiger partial charge in [0.05, 0.1) is 11.7 Å². The zero-order valence-corrected chi connectivity index (χ0v) is 18.8. The summed E-state index contributed by atoms with van der Waals surface area (Å²) < 4.78 is 28.4. The average Bonchev–Trinajstić information content (AvgIpc) is 3.14. The van der Waals surface area contributed by atoms with Gasteiger partial charge in [-0.2, -0.15) is 4.98 Å². The van der Waals surface area contributed by atoms with Crippen LogP contribution < -0.4 is 11.1 Å². The molecule has 32 heavy (non-hydrogen) atoms. The van der Waals surface area contributed by atoms with Gasteiger partial charge in [-0.1, -0.05) is 24.6 Å². The fourth-order valence-electron chi connectivity index (χ4n) is 5.59. The topological polar surface area (TPSA) is 159 Å². The van der Waals surface area contributed by atoms with Gasteiger partial charge in [0.25, 0.3) is 0 Å². The summed E-state index contributed by atoms with van der Waals surface area (Å²) in [5, 5.41) is 9.94. The number of aromatic nitrogens is 3. The molecule has 1 amide bonds. The van der Waals surface area contributed by atoms with Gasteiger partial charge < -0.3 is 5.11 Å². The minimum atomic E-state index is -3.84. The molecule has 4 aliphatic rings. The Hall–Kier alpha value is -2.41. The van der Waals surface area contributed by atoms with Crippen molar-refractivity contribution in [3.8, 4) is 0 Å². The summed E-state index contributed by atoms with van der Waals surface area (Å²) >= 11 is 1.24. The highest BCUT2D eigenvalue weighted by molar-refractivity contribution is 8.00. The fourth-order valence-corrected chi connectivity index (χ4v) is 9.83. The van der Waals surface area contributed by atoms with E-state index in [2.05, 4.69) is 10.1 Å². The van der Waals surface area contributed by atoms with Crippen molar-refractivity contribution in [2.75, 3.05) is 0 Å². The number of sulfone groups is 1. The van der Waals surface area contributed by atoms with Crippen molar-refractivity contribution in [3.05, 3.63) is 32.5 Å². The standard InChI is InChI=1S/C19H22N4O7S2/c1-22-18(20-15(25)16(26)21-22)31-11-8-19(11,9-4-2-3-5-9)12-6-10(17(27)28)23-13(24)7-14(23)32(12,29)30/h6,9,11-12,14H,2-5,7-8H2,1H3,(H,21,26)(H,27,28)/t11?,12?,14-,19?/m0/s1. The number of fused-ring (bicyclic) bond motifs is 1. The number of aryl methyl sites for hydroxylation is 1. The molecule has 4 atom stereocenters. The van der Waals surface area contributed by atoms with Crippen LogP contribution in [0.15, 0.2) is 26.5 Å². The van der Waals surface area contributed by atoms with Crippen molar-refractivity contribution in [1.29, 1.82) is 0 Å². The number of amides is 1. The first kappa shape index (κ1) is 21.4. The summed E-state index contributed by atoms with van der Waals surface area (Å²) in [4.78, 5) is 51.8. The summed E-state index contributed by atoms with van der Waals surface area (Å²) in [6.07, 6.45) is 5.17. The van der Waals surface area contributed by atoms with E-state index in [9.17, 15) is 32.7 Å². The summed E-state index contributed by atoms with van der Waals surface area (Å²) in [6.45, 7) is 0. The first-order valence-corrected chi connectivity index (χ1v) is 12.9. The lowest BCUT2D eigenvalue weighted by molar-refractivity contribution is -0.146. The molecule has 2 aliphatic carbocycles. The van der Waals surface area contributed by atoms with Crippen LogP contribution in [0.5, 0.6) is 0 Å². The maximum absolute atomic E-state index is 13.5. The number of carbonyl (C=O) groups is 2. The first-order valence-electron chi connectivity index (χ1n) is 10.4. The Morgan fingerprint density at radius 1 is 1.28 bits per heavy atom. The molecule has 1 saturated heterocycles. The summed E-state index contributed by atoms with van der Waals surface area (Å²) in [7, 11) is -2.29. The van der Waals surface area contributed by atoms with Crippen molar-refractivity contribution in [1.82, 2.24) is 19.7 Å². The average molecular weight is 483 g/mol. The van der Waals surface area contributed by atoms with Gasteiger partial charge in [0.1, 0.15) is 11.1 Å². The molecule has 13 heteroatoms. The second-order valence-corrected chi connectivity index (χ2v) is 12.3. The third kappa shape index (κ3) is 2.93. The second kappa shape index (κ2) is 7.04. The second-order valence-electron chi connectivity index (χ2n) is 8.89. The third-order valence-corrected chi connectivity index (χ3v) is 11.1. The van der Waals surface area contributed by atoms with Crippen molar-refractivity contribution in [2.24, 2.45) is 18.4 Å². The number of thioether (sulfide) groups is 1.